The topological polar surface area (TPSA) is 3.01 Å². The summed E-state index contributed by atoms with van der Waals surface area (Å²) in [5.74, 6) is 1.09. The zero-order chi connectivity index (χ0) is 18.6. The van der Waals surface area contributed by atoms with Crippen molar-refractivity contribution in [3.63, 3.8) is 0 Å². The molecule has 0 aliphatic rings. The molecule has 0 saturated carbocycles. The second-order valence-electron chi connectivity index (χ2n) is 7.90. The molecule has 0 aromatic heterocycles. The molecule has 0 amide bonds. The number of hydrogen-bond acceptors (Lipinski definition) is 0. The van der Waals surface area contributed by atoms with Gasteiger partial charge in [-0.1, -0.05) is 0 Å². The third-order valence-corrected chi connectivity index (χ3v) is 7.61. The van der Waals surface area contributed by atoms with Gasteiger partial charge < -0.3 is 0 Å². The van der Waals surface area contributed by atoms with Gasteiger partial charge in [0.2, 0.25) is 0 Å². The molecule has 0 heterocycles. The van der Waals surface area contributed by atoms with Crippen LogP contribution in [0.1, 0.15) is 70.1 Å². The Morgan fingerprint density at radius 3 is 1.84 bits per heavy atom. The van der Waals surface area contributed by atoms with E-state index in [1.165, 1.54) is 22.4 Å². The first kappa shape index (κ1) is 20.1. The summed E-state index contributed by atoms with van der Waals surface area (Å²) in [5, 5.41) is 0. The van der Waals surface area contributed by atoms with Crippen LogP contribution in [0.15, 0.2) is 48.5 Å². The Balaban J connectivity index is 2.56. The van der Waals surface area contributed by atoms with E-state index in [-0.39, 0.29) is 5.41 Å². The molecule has 2 aromatic rings. The minimum absolute atomic E-state index is 0.114. The second-order valence-corrected chi connectivity index (χ2v) is 10.3. The van der Waals surface area contributed by atoms with E-state index in [1.807, 2.05) is 0 Å². The molecule has 0 aliphatic heterocycles. The summed E-state index contributed by atoms with van der Waals surface area (Å²) in [5.41, 5.74) is 5.93. The quantitative estimate of drug-likeness (QED) is 0.505. The van der Waals surface area contributed by atoms with Crippen molar-refractivity contribution < 1.29 is 21.0 Å². The molecule has 2 heteroatoms. The van der Waals surface area contributed by atoms with Gasteiger partial charge in [-0.15, -0.1) is 0 Å². The van der Waals surface area contributed by atoms with Crippen molar-refractivity contribution in [1.82, 2.24) is 0 Å². The fourth-order valence-electron chi connectivity index (χ4n) is 3.07. The van der Waals surface area contributed by atoms with E-state index in [9.17, 15) is 0 Å². The van der Waals surface area contributed by atoms with Crippen LogP contribution in [0.25, 0.3) is 0 Å². The van der Waals surface area contributed by atoms with Crippen molar-refractivity contribution in [2.45, 2.75) is 58.8 Å². The summed E-state index contributed by atoms with van der Waals surface area (Å²) < 4.78 is 5.12. The molecule has 0 saturated heterocycles. The summed E-state index contributed by atoms with van der Waals surface area (Å²) in [6.45, 7) is 13.9. The second kappa shape index (κ2) is 8.45. The number of nitrogens with zero attached hydrogens (tertiary/aromatic N) is 1. The van der Waals surface area contributed by atoms with Crippen molar-refractivity contribution in [3.05, 3.63) is 65.2 Å². The van der Waals surface area contributed by atoms with Crippen LogP contribution in [-0.4, -0.2) is 14.5 Å². The zero-order valence-corrected chi connectivity index (χ0v) is 18.7. The van der Waals surface area contributed by atoms with Crippen LogP contribution in [0.2, 0.25) is 0 Å². The summed E-state index contributed by atoms with van der Waals surface area (Å²) in [4.78, 5) is 0. The number of para-hydroxylation sites is 1. The summed E-state index contributed by atoms with van der Waals surface area (Å²) in [6.07, 6.45) is 0. The van der Waals surface area contributed by atoms with Crippen molar-refractivity contribution in [2.24, 2.45) is 0 Å². The Kier molecular flexibility index (Phi) is 6.80. The van der Waals surface area contributed by atoms with Crippen molar-refractivity contribution in [3.8, 4) is 0 Å². The maximum atomic E-state index is 2.56. The predicted molar refractivity (Wildman–Crippen MR) is 106 cm³/mol. The molecule has 25 heavy (non-hydrogen) atoms. The number of rotatable bonds is 5. The van der Waals surface area contributed by atoms with Crippen LogP contribution in [0.3, 0.4) is 0 Å². The van der Waals surface area contributed by atoms with Crippen molar-refractivity contribution in [1.29, 1.82) is 0 Å². The Morgan fingerprint density at radius 2 is 1.36 bits per heavy atom. The van der Waals surface area contributed by atoms with Gasteiger partial charge >= 0.3 is 162 Å². The van der Waals surface area contributed by atoms with Crippen molar-refractivity contribution in [2.75, 3.05) is 7.05 Å². The third kappa shape index (κ3) is 4.91. The third-order valence-electron chi connectivity index (χ3n) is 4.68. The molecule has 1 nitrogen and oxygen atoms in total. The van der Waals surface area contributed by atoms with Gasteiger partial charge in [-0.05, 0) is 0 Å². The molecule has 0 N–H and O–H groups in total. The van der Waals surface area contributed by atoms with Gasteiger partial charge in [0, 0.05) is 0 Å². The van der Waals surface area contributed by atoms with E-state index in [0.717, 1.165) is 0 Å². The minimum atomic E-state index is -0.416. The van der Waals surface area contributed by atoms with E-state index >= 15 is 0 Å². The summed E-state index contributed by atoms with van der Waals surface area (Å²) >= 11 is -0.416. The normalized spacial score (nSPS) is 11.7. The van der Waals surface area contributed by atoms with E-state index in [0.29, 0.717) is 11.8 Å². The van der Waals surface area contributed by atoms with Gasteiger partial charge in [-0.25, -0.2) is 0 Å². The first-order chi connectivity index (χ1) is 11.7. The molecule has 0 radical (unpaired) electrons. The average Bonchev–Trinajstić information content (AvgIpc) is 2.59. The Morgan fingerprint density at radius 1 is 0.840 bits per heavy atom. The van der Waals surface area contributed by atoms with Crippen LogP contribution in [0.4, 0.5) is 5.69 Å². The Labute approximate surface area is 162 Å². The molecular formula is C23H32MoN+. The van der Waals surface area contributed by atoms with Gasteiger partial charge in [0.1, 0.15) is 0 Å². The molecule has 134 valence electrons. The maximum absolute atomic E-state index is 2.56. The van der Waals surface area contributed by atoms with Crippen LogP contribution in [0.5, 0.6) is 0 Å². The SMILES string of the molecule is CC(C)c1cccc(C(C)C)c1[N+](C)=[Mo]=[CH]C(C)(C)c1ccccc1. The van der Waals surface area contributed by atoms with Gasteiger partial charge in [-0.2, -0.15) is 0 Å². The first-order valence-corrected chi connectivity index (χ1v) is 11.2. The van der Waals surface area contributed by atoms with E-state index < -0.39 is 17.9 Å². The Hall–Kier alpha value is -1.20. The monoisotopic (exact) mass is 420 g/mol. The van der Waals surface area contributed by atoms with Gasteiger partial charge in [0.15, 0.2) is 0 Å². The fourth-order valence-corrected chi connectivity index (χ4v) is 5.22. The van der Waals surface area contributed by atoms with Gasteiger partial charge in [0.05, 0.1) is 0 Å². The number of benzene rings is 2. The standard InChI is InChI=1S/C13H20N.C10H12.Mo/c1-9(2)11-7-6-8-12(10(3)4)13(11)14-5;1-10(2,3)9-7-5-4-6-8-9;/h6-10H,1-5H3;1,4-8H,2-3H3;/q-1;;+2. The predicted octanol–water partition coefficient (Wildman–Crippen LogP) is 6.25. The van der Waals surface area contributed by atoms with E-state index in [2.05, 4.69) is 105 Å². The molecule has 2 aromatic carbocycles. The molecule has 0 fully saturated rings. The molecule has 0 spiro atoms. The molecule has 0 bridgehead atoms. The van der Waals surface area contributed by atoms with Crippen LogP contribution in [0, 0.1) is 0 Å². The average molecular weight is 418 g/mol. The van der Waals surface area contributed by atoms with Gasteiger partial charge in [0.25, 0.3) is 0 Å². The van der Waals surface area contributed by atoms with Crippen LogP contribution < -0.4 is 0 Å². The summed E-state index contributed by atoms with van der Waals surface area (Å²) in [7, 11) is 2.28. The van der Waals surface area contributed by atoms with Crippen molar-refractivity contribution >= 4 is 10.1 Å². The molecular weight excluding hydrogens is 386 g/mol. The molecule has 2 rings (SSSR count). The molecule has 0 unspecified atom stereocenters. The Bertz CT molecular complexity index is 753. The number of hydrogen-bond donors (Lipinski definition) is 0. The van der Waals surface area contributed by atoms with E-state index in [4.69, 9.17) is 0 Å². The van der Waals surface area contributed by atoms with Crippen LogP contribution in [-0.2, 0) is 23.3 Å². The van der Waals surface area contributed by atoms with Crippen LogP contribution >= 0.6 is 0 Å². The van der Waals surface area contributed by atoms with Gasteiger partial charge in [-0.3, -0.25) is 0 Å². The fraction of sp³-hybridized carbons (Fsp3) is 0.435. The molecule has 0 atom stereocenters. The summed E-state index contributed by atoms with van der Waals surface area (Å²) in [6, 6.07) is 17.7. The first-order valence-electron chi connectivity index (χ1n) is 9.17. The zero-order valence-electron chi connectivity index (χ0n) is 16.7. The van der Waals surface area contributed by atoms with E-state index in [1.54, 1.807) is 0 Å². The molecule has 0 aliphatic carbocycles.